The molecule has 0 aromatic rings. The van der Waals surface area contributed by atoms with E-state index in [-0.39, 0.29) is 11.9 Å². The maximum Gasteiger partial charge on any atom is 0.239 e. The summed E-state index contributed by atoms with van der Waals surface area (Å²) in [6.45, 7) is 3.89. The quantitative estimate of drug-likeness (QED) is 0.760. The van der Waals surface area contributed by atoms with Crippen LogP contribution in [0.1, 0.15) is 51.9 Å². The largest absolute Gasteiger partial charge is 0.341 e. The minimum atomic E-state index is -0.0403. The van der Waals surface area contributed by atoms with Crippen LogP contribution in [0.15, 0.2) is 0 Å². The van der Waals surface area contributed by atoms with Crippen molar-refractivity contribution >= 4 is 11.7 Å². The van der Waals surface area contributed by atoms with Gasteiger partial charge in [0.15, 0.2) is 0 Å². The predicted octanol–water partition coefficient (Wildman–Crippen LogP) is 1.58. The average molecular weight is 264 g/mol. The molecule has 4 nitrogen and oxygen atoms in total. The molecule has 0 aromatic carbocycles. The zero-order chi connectivity index (χ0) is 13.4. The van der Waals surface area contributed by atoms with Crippen LogP contribution in [-0.2, 0) is 9.59 Å². The molecule has 3 atom stereocenters. The fraction of sp³-hybridized carbons (Fsp3) is 0.867. The van der Waals surface area contributed by atoms with Gasteiger partial charge in [0.25, 0.3) is 0 Å². The van der Waals surface area contributed by atoms with Crippen molar-refractivity contribution < 1.29 is 9.59 Å². The minimum Gasteiger partial charge on any atom is -0.341 e. The van der Waals surface area contributed by atoms with Gasteiger partial charge in [-0.25, -0.2) is 0 Å². The van der Waals surface area contributed by atoms with Crippen LogP contribution in [0.4, 0.5) is 0 Å². The number of likely N-dealkylation sites (tertiary alicyclic amines) is 1. The Morgan fingerprint density at radius 3 is 2.26 bits per heavy atom. The van der Waals surface area contributed by atoms with Gasteiger partial charge < -0.3 is 4.90 Å². The Balaban J connectivity index is 1.73. The molecule has 3 rings (SSSR count). The molecule has 0 saturated carbocycles. The molecular formula is C15H24N2O2. The first kappa shape index (κ1) is 13.1. The molecular weight excluding hydrogens is 240 g/mol. The van der Waals surface area contributed by atoms with Crippen molar-refractivity contribution in [3.63, 3.8) is 0 Å². The van der Waals surface area contributed by atoms with Gasteiger partial charge in [-0.05, 0) is 32.6 Å². The smallest absolute Gasteiger partial charge is 0.239 e. The number of nitrogens with zero attached hydrogens (tertiary/aromatic N) is 2. The van der Waals surface area contributed by atoms with Crippen molar-refractivity contribution in [1.82, 2.24) is 9.80 Å². The van der Waals surface area contributed by atoms with Gasteiger partial charge in [-0.15, -0.1) is 0 Å². The number of ketones is 1. The summed E-state index contributed by atoms with van der Waals surface area (Å²) in [7, 11) is 0. The Hall–Kier alpha value is -0.900. The number of amides is 1. The Bertz CT molecular complexity index is 360. The van der Waals surface area contributed by atoms with Crippen LogP contribution in [-0.4, -0.2) is 52.7 Å². The molecule has 1 amide bonds. The van der Waals surface area contributed by atoms with Gasteiger partial charge in [0, 0.05) is 38.0 Å². The van der Waals surface area contributed by atoms with E-state index in [4.69, 9.17) is 0 Å². The monoisotopic (exact) mass is 264 g/mol. The van der Waals surface area contributed by atoms with Gasteiger partial charge in [-0.2, -0.15) is 0 Å². The first-order valence-corrected chi connectivity index (χ1v) is 7.75. The van der Waals surface area contributed by atoms with Crippen LogP contribution in [0.25, 0.3) is 0 Å². The van der Waals surface area contributed by atoms with Gasteiger partial charge in [0.2, 0.25) is 5.91 Å². The number of hydrogen-bond acceptors (Lipinski definition) is 3. The molecule has 0 aromatic heterocycles. The van der Waals surface area contributed by atoms with Gasteiger partial charge in [0.05, 0.1) is 6.04 Å². The molecule has 3 saturated heterocycles. The van der Waals surface area contributed by atoms with E-state index in [1.165, 1.54) is 6.42 Å². The Kier molecular flexibility index (Phi) is 3.61. The summed E-state index contributed by atoms with van der Waals surface area (Å²) < 4.78 is 0. The summed E-state index contributed by atoms with van der Waals surface area (Å²) in [4.78, 5) is 28.7. The van der Waals surface area contributed by atoms with Crippen molar-refractivity contribution in [2.24, 2.45) is 0 Å². The van der Waals surface area contributed by atoms with Gasteiger partial charge in [-0.3, -0.25) is 14.5 Å². The van der Waals surface area contributed by atoms with Crippen LogP contribution in [0, 0.1) is 0 Å². The van der Waals surface area contributed by atoms with Crippen molar-refractivity contribution in [2.45, 2.75) is 70.0 Å². The molecule has 3 aliphatic heterocycles. The molecule has 4 heteroatoms. The van der Waals surface area contributed by atoms with Crippen LogP contribution < -0.4 is 0 Å². The summed E-state index contributed by atoms with van der Waals surface area (Å²) in [6, 6.07) is 0.601. The molecule has 19 heavy (non-hydrogen) atoms. The van der Waals surface area contributed by atoms with E-state index in [2.05, 4.69) is 4.90 Å². The summed E-state index contributed by atoms with van der Waals surface area (Å²) in [6.07, 6.45) is 6.99. The molecule has 0 aliphatic carbocycles. The van der Waals surface area contributed by atoms with Gasteiger partial charge in [0.1, 0.15) is 5.78 Å². The Labute approximate surface area is 115 Å². The lowest BCUT2D eigenvalue weighted by Gasteiger charge is -2.48. The number of hydrogen-bond donors (Lipinski definition) is 0. The Morgan fingerprint density at radius 2 is 1.68 bits per heavy atom. The highest BCUT2D eigenvalue weighted by Crippen LogP contribution is 2.34. The molecule has 0 radical (unpaired) electrons. The fourth-order valence-corrected chi connectivity index (χ4v) is 4.17. The minimum absolute atomic E-state index is 0.0403. The summed E-state index contributed by atoms with van der Waals surface area (Å²) in [5.41, 5.74) is 0. The van der Waals surface area contributed by atoms with Gasteiger partial charge in [-0.1, -0.05) is 6.42 Å². The summed E-state index contributed by atoms with van der Waals surface area (Å²) in [5.74, 6) is 0.676. The Morgan fingerprint density at radius 1 is 1.11 bits per heavy atom. The number of fused-ring (bicyclic) bond motifs is 2. The molecule has 3 heterocycles. The molecule has 106 valence electrons. The van der Waals surface area contributed by atoms with Crippen LogP contribution in [0.3, 0.4) is 0 Å². The highest BCUT2D eigenvalue weighted by atomic mass is 16.2. The highest BCUT2D eigenvalue weighted by Gasteiger charge is 2.42. The van der Waals surface area contributed by atoms with E-state index < -0.39 is 0 Å². The third kappa shape index (κ3) is 2.42. The maximum absolute atomic E-state index is 12.6. The number of carbonyl (C=O) groups is 2. The lowest BCUT2D eigenvalue weighted by Crippen LogP contribution is -2.59. The first-order chi connectivity index (χ1) is 9.16. The molecule has 3 fully saturated rings. The van der Waals surface area contributed by atoms with E-state index in [0.29, 0.717) is 30.7 Å². The predicted molar refractivity (Wildman–Crippen MR) is 72.8 cm³/mol. The van der Waals surface area contributed by atoms with Crippen molar-refractivity contribution in [3.8, 4) is 0 Å². The van der Waals surface area contributed by atoms with Crippen molar-refractivity contribution in [3.05, 3.63) is 0 Å². The van der Waals surface area contributed by atoms with Crippen LogP contribution in [0.5, 0.6) is 0 Å². The van der Waals surface area contributed by atoms with Crippen molar-refractivity contribution in [2.75, 3.05) is 13.1 Å². The topological polar surface area (TPSA) is 40.6 Å². The van der Waals surface area contributed by atoms with Crippen molar-refractivity contribution in [1.29, 1.82) is 0 Å². The molecule has 3 aliphatic rings. The lowest BCUT2D eigenvalue weighted by atomic mass is 9.82. The molecule has 0 N–H and O–H groups in total. The highest BCUT2D eigenvalue weighted by molar-refractivity contribution is 5.84. The third-order valence-electron chi connectivity index (χ3n) is 5.07. The fourth-order valence-electron chi connectivity index (χ4n) is 4.17. The lowest BCUT2D eigenvalue weighted by molar-refractivity contribution is -0.143. The zero-order valence-corrected chi connectivity index (χ0v) is 11.8. The van der Waals surface area contributed by atoms with E-state index in [9.17, 15) is 9.59 Å². The maximum atomic E-state index is 12.6. The van der Waals surface area contributed by atoms with E-state index >= 15 is 0 Å². The second-order valence-corrected chi connectivity index (χ2v) is 6.34. The molecule has 2 bridgehead atoms. The normalized spacial score (nSPS) is 33.5. The number of Topliss-reactive ketones (excluding diaryl/α,β-unsaturated/α-hetero) is 1. The standard InChI is InChI=1S/C15H24N2O2/c1-11(15(19)16-7-2-3-8-16)17-12-5-4-6-13(17)10-14(18)9-12/h11-13H,2-10H2,1H3. The van der Waals surface area contributed by atoms with E-state index in [0.717, 1.165) is 38.8 Å². The number of carbonyl (C=O) groups excluding carboxylic acids is 2. The summed E-state index contributed by atoms with van der Waals surface area (Å²) in [5, 5.41) is 0. The van der Waals surface area contributed by atoms with Crippen LogP contribution in [0.2, 0.25) is 0 Å². The van der Waals surface area contributed by atoms with E-state index in [1.807, 2.05) is 11.8 Å². The average Bonchev–Trinajstić information content (AvgIpc) is 2.89. The van der Waals surface area contributed by atoms with Crippen LogP contribution >= 0.6 is 0 Å². The zero-order valence-electron chi connectivity index (χ0n) is 11.8. The third-order valence-corrected chi connectivity index (χ3v) is 5.07. The van der Waals surface area contributed by atoms with Gasteiger partial charge >= 0.3 is 0 Å². The molecule has 0 spiro atoms. The second kappa shape index (κ2) is 5.23. The summed E-state index contributed by atoms with van der Waals surface area (Å²) >= 11 is 0. The van der Waals surface area contributed by atoms with E-state index in [1.54, 1.807) is 0 Å². The second-order valence-electron chi connectivity index (χ2n) is 6.34. The first-order valence-electron chi connectivity index (χ1n) is 7.75. The SMILES string of the molecule is CC(C(=O)N1CCCC1)N1C2CCCC1CC(=O)C2. The number of rotatable bonds is 2. The number of piperidine rings is 2. The molecule has 3 unspecified atom stereocenters.